The minimum atomic E-state index is -1.50. The average molecular weight is 334 g/mol. The summed E-state index contributed by atoms with van der Waals surface area (Å²) in [6.07, 6.45) is -6.73. The molecule has 0 amide bonds. The number of hydrogen-bond donors (Lipinski definition) is 6. The predicted molar refractivity (Wildman–Crippen MR) is 60.2 cm³/mol. The van der Waals surface area contributed by atoms with Gasteiger partial charge in [0.2, 0.25) is 6.73 Å². The Morgan fingerprint density at radius 2 is 1.73 bits per heavy atom. The Hall–Kier alpha value is -1.04. The number of rotatable bonds is 6. The van der Waals surface area contributed by atoms with Gasteiger partial charge in [0.05, 0.1) is 6.61 Å². The Balaban J connectivity index is 0.000000763. The molecule has 22 heavy (non-hydrogen) atoms. The summed E-state index contributed by atoms with van der Waals surface area (Å²) in [5, 5.41) is 73.5. The highest BCUT2D eigenvalue weighted by Crippen LogP contribution is 2.21. The first-order chi connectivity index (χ1) is 10.4. The van der Waals surface area contributed by atoms with Gasteiger partial charge >= 0.3 is 0 Å². The van der Waals surface area contributed by atoms with E-state index in [1.54, 1.807) is 0 Å². The lowest BCUT2D eigenvalue weighted by Crippen LogP contribution is -2.59. The molecule has 0 saturated carbocycles. The van der Waals surface area contributed by atoms with Gasteiger partial charge in [-0.25, -0.2) is 10.5 Å². The topological polar surface area (TPSA) is 206 Å². The Labute approximate surface area is 123 Å². The third-order valence-electron chi connectivity index (χ3n) is 2.41. The maximum Gasteiger partial charge on any atom is 0.203 e. The molecule has 0 aromatic heterocycles. The lowest BCUT2D eigenvalue weighted by atomic mass is 9.99. The molecule has 1 fully saturated rings. The van der Waals surface area contributed by atoms with Crippen molar-refractivity contribution in [1.29, 1.82) is 0 Å². The summed E-state index contributed by atoms with van der Waals surface area (Å²) in [7, 11) is 1.15. The fraction of sp³-hybridized carbons (Fsp3) is 1.00. The Kier molecular flexibility index (Phi) is 11.0. The van der Waals surface area contributed by atoms with Crippen LogP contribution in [0.3, 0.4) is 0 Å². The minimum Gasteiger partial charge on any atom is -0.600 e. The highest BCUT2D eigenvalue weighted by Gasteiger charge is 2.44. The van der Waals surface area contributed by atoms with Crippen LogP contribution in [0, 0.1) is 5.21 Å². The molecule has 0 spiro atoms. The molecule has 1 aliphatic rings. The van der Waals surface area contributed by atoms with Crippen LogP contribution in [-0.4, -0.2) is 86.9 Å². The number of hydroxylamine groups is 1. The van der Waals surface area contributed by atoms with E-state index >= 15 is 0 Å². The first kappa shape index (κ1) is 21.0. The molecule has 1 rings (SSSR count). The largest absolute Gasteiger partial charge is 0.600 e. The van der Waals surface area contributed by atoms with Crippen molar-refractivity contribution in [2.75, 3.05) is 20.4 Å². The summed E-state index contributed by atoms with van der Waals surface area (Å²) in [6.45, 7) is -0.911. The zero-order valence-electron chi connectivity index (χ0n) is 11.3. The first-order valence-corrected chi connectivity index (χ1v) is 5.67. The zero-order valence-corrected chi connectivity index (χ0v) is 11.3. The van der Waals surface area contributed by atoms with E-state index in [1.807, 2.05) is 0 Å². The molecule has 0 bridgehead atoms. The van der Waals surface area contributed by atoms with Crippen molar-refractivity contribution in [3.8, 4) is 0 Å². The molecule has 1 saturated heterocycles. The van der Waals surface area contributed by atoms with Crippen molar-refractivity contribution in [1.82, 2.24) is 0 Å². The van der Waals surface area contributed by atoms with Crippen molar-refractivity contribution >= 4 is 0 Å². The normalized spacial score (nSPS) is 32.3. The molecule has 5 atom stereocenters. The van der Waals surface area contributed by atoms with Crippen LogP contribution in [-0.2, 0) is 24.6 Å². The van der Waals surface area contributed by atoms with Crippen molar-refractivity contribution in [3.63, 3.8) is 0 Å². The van der Waals surface area contributed by atoms with Crippen LogP contribution < -0.4 is 0 Å². The lowest BCUT2D eigenvalue weighted by Gasteiger charge is -2.39. The quantitative estimate of drug-likeness (QED) is 0.126. The molecule has 1 aliphatic heterocycles. The summed E-state index contributed by atoms with van der Waals surface area (Å²) < 4.78 is 9.89. The van der Waals surface area contributed by atoms with Crippen molar-refractivity contribution in [3.05, 3.63) is 5.21 Å². The van der Waals surface area contributed by atoms with Crippen molar-refractivity contribution < 1.29 is 60.4 Å². The first-order valence-electron chi connectivity index (χ1n) is 5.67. The maximum atomic E-state index is 10.4. The number of azo groups is 1. The van der Waals surface area contributed by atoms with Crippen molar-refractivity contribution in [2.45, 2.75) is 30.7 Å². The second kappa shape index (κ2) is 11.5. The van der Waals surface area contributed by atoms with Gasteiger partial charge in [-0.15, -0.1) is 0 Å². The number of ether oxygens (including phenoxy) is 2. The number of hydrogen-bond acceptors (Lipinski definition) is 13. The Bertz CT molecular complexity index is 310. The van der Waals surface area contributed by atoms with Gasteiger partial charge in [-0.1, -0.05) is 4.86 Å². The van der Waals surface area contributed by atoms with E-state index in [0.717, 1.165) is 7.05 Å². The molecule has 5 unspecified atom stereocenters. The molecular formula is C8H18N2O12. The molecular weight excluding hydrogens is 316 g/mol. The van der Waals surface area contributed by atoms with E-state index in [9.17, 15) is 20.5 Å². The van der Waals surface area contributed by atoms with Gasteiger partial charge in [0.25, 0.3) is 0 Å². The van der Waals surface area contributed by atoms with Gasteiger partial charge in [0.1, 0.15) is 24.4 Å². The highest BCUT2D eigenvalue weighted by atomic mass is 17.7. The molecule has 0 radical (unpaired) electrons. The summed E-state index contributed by atoms with van der Waals surface area (Å²) in [6, 6.07) is 0. The molecule has 14 heteroatoms. The smallest absolute Gasteiger partial charge is 0.203 e. The summed E-state index contributed by atoms with van der Waals surface area (Å²) in [4.78, 5) is 0.268. The number of nitrogens with zero attached hydrogens (tertiary/aromatic N) is 2. The zero-order chi connectivity index (χ0) is 17.1. The fourth-order valence-electron chi connectivity index (χ4n) is 1.41. The third-order valence-corrected chi connectivity index (χ3v) is 2.41. The molecule has 6 N–H and O–H groups in total. The average Bonchev–Trinajstić information content (AvgIpc) is 2.48. The second-order valence-corrected chi connectivity index (χ2v) is 3.82. The van der Waals surface area contributed by atoms with E-state index in [4.69, 9.17) is 25.1 Å². The van der Waals surface area contributed by atoms with E-state index in [1.165, 1.54) is 0 Å². The highest BCUT2D eigenvalue weighted by molar-refractivity contribution is 4.88. The van der Waals surface area contributed by atoms with Gasteiger partial charge < -0.3 is 35.1 Å². The Morgan fingerprint density at radius 3 is 2.14 bits per heavy atom. The van der Waals surface area contributed by atoms with Gasteiger partial charge in [-0.3, -0.25) is 0 Å². The van der Waals surface area contributed by atoms with Crippen LogP contribution in [0.4, 0.5) is 0 Å². The molecule has 1 heterocycles. The summed E-state index contributed by atoms with van der Waals surface area (Å²) in [5.41, 5.74) is 0. The monoisotopic (exact) mass is 334 g/mol. The van der Waals surface area contributed by atoms with Crippen LogP contribution in [0.2, 0.25) is 0 Å². The summed E-state index contributed by atoms with van der Waals surface area (Å²) >= 11 is 0. The standard InChI is InChI=1S/C8H16N2O7.H2O5/c1-10(15)9-3-16-8-7(14)6(13)5(12)4(2-11)17-8;1-3-5-4-2/h4-8,11-14H,2-3H2,1H3;1-2H. The lowest BCUT2D eigenvalue weighted by molar-refractivity contribution is -0.695. The van der Waals surface area contributed by atoms with E-state index in [0.29, 0.717) is 0 Å². The van der Waals surface area contributed by atoms with E-state index in [2.05, 4.69) is 20.2 Å². The van der Waals surface area contributed by atoms with Crippen LogP contribution in [0.1, 0.15) is 0 Å². The number of aliphatic hydroxyl groups is 4. The molecule has 0 aromatic rings. The SMILES string of the molecule is C[N+]([O-])=NCOC1OC(CO)C(O)C(O)C1O.OOOOO. The van der Waals surface area contributed by atoms with E-state index in [-0.39, 0.29) is 11.6 Å². The predicted octanol–water partition coefficient (Wildman–Crippen LogP) is -2.84. The van der Waals surface area contributed by atoms with Gasteiger partial charge in [-0.05, 0) is 20.2 Å². The summed E-state index contributed by atoms with van der Waals surface area (Å²) in [5.74, 6) is 0. The van der Waals surface area contributed by atoms with Crippen LogP contribution in [0.15, 0.2) is 5.11 Å². The van der Waals surface area contributed by atoms with Gasteiger partial charge in [0.15, 0.2) is 13.3 Å². The fourth-order valence-corrected chi connectivity index (χ4v) is 1.41. The molecule has 14 nitrogen and oxygen atoms in total. The molecule has 132 valence electrons. The molecule has 0 aromatic carbocycles. The van der Waals surface area contributed by atoms with Crippen LogP contribution in [0.5, 0.6) is 0 Å². The molecule has 0 aliphatic carbocycles. The minimum absolute atomic E-state index is 0.268. The van der Waals surface area contributed by atoms with Gasteiger partial charge in [-0.2, -0.15) is 0 Å². The second-order valence-electron chi connectivity index (χ2n) is 3.82. The number of aliphatic hydroxyl groups excluding tert-OH is 4. The van der Waals surface area contributed by atoms with Gasteiger partial charge in [0, 0.05) is 0 Å². The maximum absolute atomic E-state index is 10.4. The van der Waals surface area contributed by atoms with Crippen LogP contribution >= 0.6 is 0 Å². The third kappa shape index (κ3) is 7.29. The van der Waals surface area contributed by atoms with E-state index < -0.39 is 37.3 Å². The van der Waals surface area contributed by atoms with Crippen LogP contribution in [0.25, 0.3) is 0 Å². The van der Waals surface area contributed by atoms with Crippen molar-refractivity contribution in [2.24, 2.45) is 5.11 Å². The Morgan fingerprint density at radius 1 is 1.14 bits per heavy atom.